The summed E-state index contributed by atoms with van der Waals surface area (Å²) in [5.41, 5.74) is 4.61. The monoisotopic (exact) mass is 474 g/mol. The minimum atomic E-state index is -1.11. The van der Waals surface area contributed by atoms with Crippen molar-refractivity contribution in [2.45, 2.75) is 25.8 Å². The molecule has 1 aliphatic rings. The molecule has 1 atom stereocenters. The number of benzene rings is 2. The molecule has 9 nitrogen and oxygen atoms in total. The van der Waals surface area contributed by atoms with Gasteiger partial charge in [0.15, 0.2) is 0 Å². The van der Waals surface area contributed by atoms with Gasteiger partial charge < -0.3 is 20.5 Å². The minimum Gasteiger partial charge on any atom is -0.478 e. The van der Waals surface area contributed by atoms with Crippen LogP contribution >= 0.6 is 0 Å². The van der Waals surface area contributed by atoms with Gasteiger partial charge >= 0.3 is 12.1 Å². The fraction of sp³-hybridized carbons (Fsp3) is 0.269. The second-order valence-corrected chi connectivity index (χ2v) is 8.35. The lowest BCUT2D eigenvalue weighted by Gasteiger charge is -2.15. The molecule has 2 aromatic carbocycles. The number of carboxylic acids is 1. The molecular formula is C26H26N4O5. The summed E-state index contributed by atoms with van der Waals surface area (Å²) in [6.45, 7) is 2.36. The van der Waals surface area contributed by atoms with Crippen LogP contribution in [-0.4, -0.2) is 46.2 Å². The predicted molar refractivity (Wildman–Crippen MR) is 128 cm³/mol. The summed E-state index contributed by atoms with van der Waals surface area (Å²) in [7, 11) is 0. The summed E-state index contributed by atoms with van der Waals surface area (Å²) in [5, 5.41) is 14.3. The van der Waals surface area contributed by atoms with Crippen molar-refractivity contribution in [3.05, 3.63) is 83.4 Å². The number of aromatic carboxylic acids is 1. The van der Waals surface area contributed by atoms with Gasteiger partial charge in [-0.25, -0.2) is 19.6 Å². The maximum atomic E-state index is 12.3. The minimum absolute atomic E-state index is 0.00960. The molecule has 1 aliphatic carbocycles. The Hall–Kier alpha value is -4.27. The van der Waals surface area contributed by atoms with Gasteiger partial charge in [-0.15, -0.1) is 0 Å². The highest BCUT2D eigenvalue weighted by Crippen LogP contribution is 2.44. The Labute approximate surface area is 202 Å². The van der Waals surface area contributed by atoms with Gasteiger partial charge in [0.25, 0.3) is 0 Å². The molecule has 0 bridgehead atoms. The number of ether oxygens (including phenoxy) is 1. The zero-order valence-electron chi connectivity index (χ0n) is 19.2. The van der Waals surface area contributed by atoms with Crippen LogP contribution in [0.1, 0.15) is 46.6 Å². The van der Waals surface area contributed by atoms with Crippen LogP contribution in [0.25, 0.3) is 11.1 Å². The Kier molecular flexibility index (Phi) is 7.35. The summed E-state index contributed by atoms with van der Waals surface area (Å²) in [6.07, 6.45) is 2.29. The lowest BCUT2D eigenvalue weighted by Crippen LogP contribution is -2.33. The van der Waals surface area contributed by atoms with Gasteiger partial charge in [-0.1, -0.05) is 55.5 Å². The lowest BCUT2D eigenvalue weighted by molar-refractivity contribution is -0.124. The third-order valence-corrected chi connectivity index (χ3v) is 6.01. The molecule has 0 saturated carbocycles. The van der Waals surface area contributed by atoms with Crippen LogP contribution in [0.5, 0.6) is 0 Å². The summed E-state index contributed by atoms with van der Waals surface area (Å²) in [6, 6.07) is 16.3. The van der Waals surface area contributed by atoms with Crippen molar-refractivity contribution in [2.24, 2.45) is 5.92 Å². The first-order valence-electron chi connectivity index (χ1n) is 11.3. The molecule has 35 heavy (non-hydrogen) atoms. The molecule has 1 unspecified atom stereocenters. The van der Waals surface area contributed by atoms with E-state index in [1.54, 1.807) is 6.92 Å². The van der Waals surface area contributed by atoms with Crippen LogP contribution in [0, 0.1) is 5.92 Å². The number of carbonyl (C=O) groups excluding carboxylic acids is 2. The average Bonchev–Trinajstić information content (AvgIpc) is 3.20. The maximum absolute atomic E-state index is 12.3. The molecule has 180 valence electrons. The highest BCUT2D eigenvalue weighted by atomic mass is 16.5. The van der Waals surface area contributed by atoms with Crippen molar-refractivity contribution in [1.82, 2.24) is 20.6 Å². The van der Waals surface area contributed by atoms with Crippen LogP contribution in [0.15, 0.2) is 60.9 Å². The number of amides is 2. The Morgan fingerprint density at radius 1 is 0.971 bits per heavy atom. The van der Waals surface area contributed by atoms with Crippen molar-refractivity contribution < 1.29 is 24.2 Å². The number of carbonyl (C=O) groups is 3. The average molecular weight is 475 g/mol. The number of aromatic nitrogens is 2. The lowest BCUT2D eigenvalue weighted by atomic mass is 9.98. The number of hydrogen-bond acceptors (Lipinski definition) is 6. The van der Waals surface area contributed by atoms with E-state index in [0.717, 1.165) is 11.1 Å². The molecule has 4 rings (SSSR count). The smallest absolute Gasteiger partial charge is 0.407 e. The molecular weight excluding hydrogens is 448 g/mol. The SMILES string of the molecule is CC(CCNC(=O)OCC1c2ccccc2-c2ccccc21)C(=O)NCc1ncc(C(=O)O)cn1. The predicted octanol–water partition coefficient (Wildman–Crippen LogP) is 3.36. The molecule has 1 heterocycles. The zero-order valence-corrected chi connectivity index (χ0v) is 19.2. The highest BCUT2D eigenvalue weighted by molar-refractivity contribution is 5.86. The van der Waals surface area contributed by atoms with Crippen molar-refractivity contribution in [3.63, 3.8) is 0 Å². The van der Waals surface area contributed by atoms with Gasteiger partial charge in [-0.3, -0.25) is 4.79 Å². The largest absolute Gasteiger partial charge is 0.478 e. The van der Waals surface area contributed by atoms with E-state index < -0.39 is 12.1 Å². The van der Waals surface area contributed by atoms with E-state index >= 15 is 0 Å². The van der Waals surface area contributed by atoms with Crippen molar-refractivity contribution in [1.29, 1.82) is 0 Å². The van der Waals surface area contributed by atoms with Crippen LogP contribution in [0.2, 0.25) is 0 Å². The second kappa shape index (κ2) is 10.8. The molecule has 9 heteroatoms. The number of hydrogen-bond donors (Lipinski definition) is 3. The van der Waals surface area contributed by atoms with Crippen LogP contribution in [-0.2, 0) is 16.1 Å². The number of nitrogens with one attached hydrogen (secondary N) is 2. The van der Waals surface area contributed by atoms with Crippen LogP contribution < -0.4 is 10.6 Å². The van der Waals surface area contributed by atoms with E-state index in [2.05, 4.69) is 44.9 Å². The van der Waals surface area contributed by atoms with Crippen LogP contribution in [0.4, 0.5) is 4.79 Å². The number of rotatable bonds is 9. The molecule has 1 aromatic heterocycles. The Balaban J connectivity index is 1.19. The molecule has 0 radical (unpaired) electrons. The zero-order chi connectivity index (χ0) is 24.8. The number of carboxylic acid groups (broad SMARTS) is 1. The Bertz CT molecular complexity index is 1180. The standard InChI is InChI=1S/C26H26N4O5/c1-16(24(31)30-14-23-28-12-17(13-29-23)25(32)33)10-11-27-26(34)35-15-22-20-8-4-2-6-18(20)19-7-3-5-9-21(19)22/h2-9,12-13,16,22H,10-11,14-15H2,1H3,(H,27,34)(H,30,31)(H,32,33). The fourth-order valence-electron chi connectivity index (χ4n) is 4.07. The highest BCUT2D eigenvalue weighted by Gasteiger charge is 2.29. The van der Waals surface area contributed by atoms with E-state index in [9.17, 15) is 14.4 Å². The Morgan fingerprint density at radius 2 is 1.57 bits per heavy atom. The first-order chi connectivity index (χ1) is 16.9. The number of nitrogens with zero attached hydrogens (tertiary/aromatic N) is 2. The maximum Gasteiger partial charge on any atom is 0.407 e. The third-order valence-electron chi connectivity index (χ3n) is 6.01. The number of alkyl carbamates (subject to hydrolysis) is 1. The molecule has 0 saturated heterocycles. The van der Waals surface area contributed by atoms with E-state index in [4.69, 9.17) is 9.84 Å². The van der Waals surface area contributed by atoms with Gasteiger partial charge in [0.05, 0.1) is 12.1 Å². The van der Waals surface area contributed by atoms with E-state index in [1.807, 2.05) is 24.3 Å². The summed E-state index contributed by atoms with van der Waals surface area (Å²) >= 11 is 0. The van der Waals surface area contributed by atoms with Gasteiger partial charge in [-0.05, 0) is 28.7 Å². The third kappa shape index (κ3) is 5.63. The number of fused-ring (bicyclic) bond motifs is 3. The van der Waals surface area contributed by atoms with E-state index in [1.165, 1.54) is 23.5 Å². The topological polar surface area (TPSA) is 131 Å². The van der Waals surface area contributed by atoms with Gasteiger partial charge in [-0.2, -0.15) is 0 Å². The molecule has 3 aromatic rings. The quantitative estimate of drug-likeness (QED) is 0.433. The first kappa shape index (κ1) is 23.9. The van der Waals surface area contributed by atoms with Crippen molar-refractivity contribution in [2.75, 3.05) is 13.2 Å². The first-order valence-corrected chi connectivity index (χ1v) is 11.3. The van der Waals surface area contributed by atoms with Gasteiger partial charge in [0, 0.05) is 30.8 Å². The van der Waals surface area contributed by atoms with Gasteiger partial charge in [0.2, 0.25) is 5.91 Å². The summed E-state index contributed by atoms with van der Waals surface area (Å²) < 4.78 is 5.50. The molecule has 0 spiro atoms. The van der Waals surface area contributed by atoms with E-state index in [-0.39, 0.29) is 43.0 Å². The normalized spacial score (nSPS) is 12.8. The Morgan fingerprint density at radius 3 is 2.17 bits per heavy atom. The molecule has 0 fully saturated rings. The van der Waals surface area contributed by atoms with Crippen LogP contribution in [0.3, 0.4) is 0 Å². The fourth-order valence-corrected chi connectivity index (χ4v) is 4.07. The molecule has 2 amide bonds. The molecule has 3 N–H and O–H groups in total. The van der Waals surface area contributed by atoms with Gasteiger partial charge in [0.1, 0.15) is 12.4 Å². The van der Waals surface area contributed by atoms with E-state index in [0.29, 0.717) is 12.2 Å². The van der Waals surface area contributed by atoms with Crippen molar-refractivity contribution >= 4 is 18.0 Å². The summed E-state index contributed by atoms with van der Waals surface area (Å²) in [5.74, 6) is -1.39. The second-order valence-electron chi connectivity index (χ2n) is 8.35. The molecule has 0 aliphatic heterocycles. The summed E-state index contributed by atoms with van der Waals surface area (Å²) in [4.78, 5) is 43.2. The van der Waals surface area contributed by atoms with Crippen molar-refractivity contribution in [3.8, 4) is 11.1 Å².